The molecule has 0 spiro atoms. The fourth-order valence-corrected chi connectivity index (χ4v) is 2.54. The second-order valence-corrected chi connectivity index (χ2v) is 5.94. The Morgan fingerprint density at radius 2 is 2.04 bits per heavy atom. The van der Waals surface area contributed by atoms with Gasteiger partial charge in [-0.3, -0.25) is 19.1 Å². The molecule has 132 valence electrons. The van der Waals surface area contributed by atoms with Gasteiger partial charge in [-0.1, -0.05) is 17.7 Å². The Balaban J connectivity index is 1.81. The van der Waals surface area contributed by atoms with Crippen molar-refractivity contribution in [1.29, 1.82) is 0 Å². The highest BCUT2D eigenvalue weighted by molar-refractivity contribution is 6.30. The molecule has 0 fully saturated rings. The van der Waals surface area contributed by atoms with Crippen molar-refractivity contribution in [2.75, 3.05) is 5.32 Å². The first-order chi connectivity index (χ1) is 12.4. The summed E-state index contributed by atoms with van der Waals surface area (Å²) in [7, 11) is 0. The van der Waals surface area contributed by atoms with Crippen LogP contribution in [0.3, 0.4) is 0 Å². The van der Waals surface area contributed by atoms with Crippen LogP contribution in [0.5, 0.6) is 0 Å². The molecule has 0 atom stereocenters. The molecule has 3 rings (SSSR count). The summed E-state index contributed by atoms with van der Waals surface area (Å²) in [4.78, 5) is 33.0. The van der Waals surface area contributed by atoms with Crippen molar-refractivity contribution in [3.8, 4) is 11.4 Å². The van der Waals surface area contributed by atoms with E-state index in [9.17, 15) is 14.0 Å². The molecule has 2 aromatic heterocycles. The highest BCUT2D eigenvalue weighted by Crippen LogP contribution is 2.19. The third-order valence-corrected chi connectivity index (χ3v) is 3.87. The van der Waals surface area contributed by atoms with E-state index >= 15 is 0 Å². The van der Waals surface area contributed by atoms with Gasteiger partial charge >= 0.3 is 0 Å². The fourth-order valence-electron chi connectivity index (χ4n) is 2.38. The van der Waals surface area contributed by atoms with Crippen molar-refractivity contribution < 1.29 is 9.18 Å². The van der Waals surface area contributed by atoms with Crippen molar-refractivity contribution in [2.24, 2.45) is 0 Å². The summed E-state index contributed by atoms with van der Waals surface area (Å²) < 4.78 is 15.0. The molecule has 0 aliphatic carbocycles. The Hall–Kier alpha value is -3.06. The molecule has 3 aromatic rings. The van der Waals surface area contributed by atoms with Crippen LogP contribution >= 0.6 is 11.6 Å². The molecule has 0 saturated carbocycles. The van der Waals surface area contributed by atoms with E-state index in [-0.39, 0.29) is 17.3 Å². The Labute approximate surface area is 153 Å². The second kappa shape index (κ2) is 7.45. The summed E-state index contributed by atoms with van der Waals surface area (Å²) in [6.07, 6.45) is 1.60. The summed E-state index contributed by atoms with van der Waals surface area (Å²) in [5.74, 6) is -0.854. The molecule has 2 heterocycles. The Morgan fingerprint density at radius 1 is 1.23 bits per heavy atom. The van der Waals surface area contributed by atoms with Crippen LogP contribution in [-0.4, -0.2) is 20.4 Å². The SMILES string of the molecule is Cc1nc(-c2ccccn2)cc(=O)n1CC(=O)Nc1ccc(Cl)cc1F. The van der Waals surface area contributed by atoms with Crippen molar-refractivity contribution in [3.63, 3.8) is 0 Å². The molecule has 6 nitrogen and oxygen atoms in total. The van der Waals surface area contributed by atoms with E-state index in [1.54, 1.807) is 31.3 Å². The van der Waals surface area contributed by atoms with Gasteiger partial charge in [0, 0.05) is 17.3 Å². The summed E-state index contributed by atoms with van der Waals surface area (Å²) in [6, 6.07) is 10.5. The molecule has 0 aliphatic rings. The van der Waals surface area contributed by atoms with E-state index in [1.807, 2.05) is 0 Å². The molecule has 0 unspecified atom stereocenters. The monoisotopic (exact) mass is 372 g/mol. The average Bonchev–Trinajstić information content (AvgIpc) is 2.61. The van der Waals surface area contributed by atoms with Gasteiger partial charge in [-0.15, -0.1) is 0 Å². The number of rotatable bonds is 4. The highest BCUT2D eigenvalue weighted by atomic mass is 35.5. The number of nitrogens with zero attached hydrogens (tertiary/aromatic N) is 3. The van der Waals surface area contributed by atoms with Crippen molar-refractivity contribution in [3.05, 3.63) is 75.7 Å². The zero-order valence-electron chi connectivity index (χ0n) is 13.7. The van der Waals surface area contributed by atoms with Crippen LogP contribution in [0, 0.1) is 12.7 Å². The molecular formula is C18H14ClFN4O2. The minimum Gasteiger partial charge on any atom is -0.322 e. The fraction of sp³-hybridized carbons (Fsp3) is 0.111. The summed E-state index contributed by atoms with van der Waals surface area (Å²) in [6.45, 7) is 1.33. The van der Waals surface area contributed by atoms with Crippen LogP contribution in [0.15, 0.2) is 53.5 Å². The predicted octanol–water partition coefficient (Wildman–Crippen LogP) is 3.04. The summed E-state index contributed by atoms with van der Waals surface area (Å²) in [5.41, 5.74) is 0.578. The number of anilines is 1. The summed E-state index contributed by atoms with van der Waals surface area (Å²) in [5, 5.41) is 2.64. The number of hydrogen-bond acceptors (Lipinski definition) is 4. The number of aryl methyl sites for hydroxylation is 1. The van der Waals surface area contributed by atoms with Gasteiger partial charge in [0.1, 0.15) is 18.2 Å². The van der Waals surface area contributed by atoms with Gasteiger partial charge in [0.2, 0.25) is 5.91 Å². The van der Waals surface area contributed by atoms with Crippen molar-refractivity contribution in [2.45, 2.75) is 13.5 Å². The lowest BCUT2D eigenvalue weighted by molar-refractivity contribution is -0.116. The number of carbonyl (C=O) groups is 1. The van der Waals surface area contributed by atoms with Gasteiger partial charge < -0.3 is 5.32 Å². The molecule has 0 radical (unpaired) electrons. The van der Waals surface area contributed by atoms with E-state index in [1.165, 1.54) is 22.8 Å². The first kappa shape index (κ1) is 17.8. The normalized spacial score (nSPS) is 10.6. The smallest absolute Gasteiger partial charge is 0.254 e. The van der Waals surface area contributed by atoms with Gasteiger partial charge in [0.15, 0.2) is 0 Å². The number of amides is 1. The van der Waals surface area contributed by atoms with Gasteiger partial charge in [0.05, 0.1) is 17.1 Å². The Morgan fingerprint density at radius 3 is 2.69 bits per heavy atom. The molecule has 0 aliphatic heterocycles. The van der Waals surface area contributed by atoms with Gasteiger partial charge in [-0.25, -0.2) is 9.37 Å². The maximum atomic E-state index is 13.8. The van der Waals surface area contributed by atoms with Crippen molar-refractivity contribution in [1.82, 2.24) is 14.5 Å². The third kappa shape index (κ3) is 3.94. The second-order valence-electron chi connectivity index (χ2n) is 5.50. The molecule has 8 heteroatoms. The number of nitrogens with one attached hydrogen (secondary N) is 1. The van der Waals surface area contributed by atoms with E-state index in [0.29, 0.717) is 17.2 Å². The average molecular weight is 373 g/mol. The van der Waals surface area contributed by atoms with Crippen LogP contribution in [0.1, 0.15) is 5.82 Å². The standard InChI is InChI=1S/C18H14ClFN4O2/c1-11-22-16(15-4-2-3-7-21-15)9-18(26)24(11)10-17(25)23-14-6-5-12(19)8-13(14)20/h2-9H,10H2,1H3,(H,23,25). The molecule has 0 saturated heterocycles. The highest BCUT2D eigenvalue weighted by Gasteiger charge is 2.13. The number of aromatic nitrogens is 3. The largest absolute Gasteiger partial charge is 0.322 e. The zero-order valence-corrected chi connectivity index (χ0v) is 14.5. The molecule has 1 aromatic carbocycles. The van der Waals surface area contributed by atoms with Gasteiger partial charge in [-0.2, -0.15) is 0 Å². The molecule has 1 amide bonds. The lowest BCUT2D eigenvalue weighted by Crippen LogP contribution is -2.30. The van der Waals surface area contributed by atoms with Crippen LogP contribution in [-0.2, 0) is 11.3 Å². The zero-order chi connectivity index (χ0) is 18.7. The number of carbonyl (C=O) groups excluding carboxylic acids is 1. The third-order valence-electron chi connectivity index (χ3n) is 3.63. The lowest BCUT2D eigenvalue weighted by atomic mass is 10.2. The van der Waals surface area contributed by atoms with Crippen molar-refractivity contribution >= 4 is 23.2 Å². The van der Waals surface area contributed by atoms with E-state index < -0.39 is 17.3 Å². The molecule has 1 N–H and O–H groups in total. The number of hydrogen-bond donors (Lipinski definition) is 1. The quantitative estimate of drug-likeness (QED) is 0.763. The first-order valence-corrected chi connectivity index (χ1v) is 8.06. The van der Waals surface area contributed by atoms with Gasteiger partial charge in [0.25, 0.3) is 5.56 Å². The molecule has 26 heavy (non-hydrogen) atoms. The van der Waals surface area contributed by atoms with Crippen LogP contribution in [0.4, 0.5) is 10.1 Å². The lowest BCUT2D eigenvalue weighted by Gasteiger charge is -2.11. The summed E-state index contributed by atoms with van der Waals surface area (Å²) >= 11 is 5.68. The van der Waals surface area contributed by atoms with E-state index in [0.717, 1.165) is 6.07 Å². The Kier molecular flexibility index (Phi) is 5.09. The number of benzene rings is 1. The minimum absolute atomic E-state index is 0.0110. The van der Waals surface area contributed by atoms with E-state index in [4.69, 9.17) is 11.6 Å². The van der Waals surface area contributed by atoms with Crippen LogP contribution in [0.2, 0.25) is 5.02 Å². The Bertz CT molecular complexity index is 1020. The molecule has 0 bridgehead atoms. The topological polar surface area (TPSA) is 76.9 Å². The van der Waals surface area contributed by atoms with Crippen LogP contribution < -0.4 is 10.9 Å². The number of halogens is 2. The number of pyridine rings is 1. The van der Waals surface area contributed by atoms with E-state index in [2.05, 4.69) is 15.3 Å². The minimum atomic E-state index is -0.654. The maximum absolute atomic E-state index is 13.8. The maximum Gasteiger partial charge on any atom is 0.254 e. The first-order valence-electron chi connectivity index (χ1n) is 7.69. The van der Waals surface area contributed by atoms with Crippen LogP contribution in [0.25, 0.3) is 11.4 Å². The molecular weight excluding hydrogens is 359 g/mol. The van der Waals surface area contributed by atoms with Gasteiger partial charge in [-0.05, 0) is 37.3 Å². The predicted molar refractivity (Wildman–Crippen MR) is 96.5 cm³/mol.